The van der Waals surface area contributed by atoms with Crippen molar-refractivity contribution in [1.82, 2.24) is 10.2 Å². The summed E-state index contributed by atoms with van der Waals surface area (Å²) in [6.07, 6.45) is 4.87. The van der Waals surface area contributed by atoms with Crippen molar-refractivity contribution in [3.63, 3.8) is 0 Å². The molecular weight excluding hydrogens is 216 g/mol. The fourth-order valence-corrected chi connectivity index (χ4v) is 1.85. The van der Waals surface area contributed by atoms with Crippen LogP contribution in [-0.4, -0.2) is 42.9 Å². The van der Waals surface area contributed by atoms with Crippen LogP contribution in [0.1, 0.15) is 39.0 Å². The number of nitrogens with one attached hydrogen (secondary N) is 1. The van der Waals surface area contributed by atoms with Crippen LogP contribution in [0.25, 0.3) is 0 Å². The number of unbranched alkanes of at least 4 members (excludes halogenated alkanes) is 1. The molecule has 0 spiro atoms. The van der Waals surface area contributed by atoms with Crippen LogP contribution in [-0.2, 0) is 4.79 Å². The van der Waals surface area contributed by atoms with E-state index in [-0.39, 0.29) is 5.91 Å². The summed E-state index contributed by atoms with van der Waals surface area (Å²) in [6.45, 7) is 5.44. The molecule has 0 unspecified atom stereocenters. The van der Waals surface area contributed by atoms with Gasteiger partial charge >= 0.3 is 0 Å². The lowest BCUT2D eigenvalue weighted by Crippen LogP contribution is -2.32. The number of rotatable bonds is 7. The average molecular weight is 240 g/mol. The van der Waals surface area contributed by atoms with Crippen molar-refractivity contribution in [2.75, 3.05) is 26.2 Å². The maximum absolute atomic E-state index is 11.3. The molecule has 1 rings (SSSR count). The Kier molecular flexibility index (Phi) is 6.43. The molecule has 98 valence electrons. The molecule has 0 atom stereocenters. The molecule has 17 heavy (non-hydrogen) atoms. The van der Waals surface area contributed by atoms with Crippen LogP contribution in [0, 0.1) is 0 Å². The molecule has 1 fully saturated rings. The maximum atomic E-state index is 11.3. The standard InChI is InChI=1S/C12H24N4O/c1-2-3-7-14-12(13)15-8-5-10-16-9-4-6-11(16)17/h2-10H2,1H3,(H3,13,14,15). The highest BCUT2D eigenvalue weighted by Crippen LogP contribution is 2.09. The first kappa shape index (κ1) is 13.8. The van der Waals surface area contributed by atoms with E-state index in [1.54, 1.807) is 0 Å². The van der Waals surface area contributed by atoms with Crippen molar-refractivity contribution >= 4 is 11.9 Å². The number of amides is 1. The van der Waals surface area contributed by atoms with Crippen molar-refractivity contribution < 1.29 is 4.79 Å². The minimum Gasteiger partial charge on any atom is -0.370 e. The van der Waals surface area contributed by atoms with Gasteiger partial charge in [-0.25, -0.2) is 0 Å². The summed E-state index contributed by atoms with van der Waals surface area (Å²) in [7, 11) is 0. The van der Waals surface area contributed by atoms with E-state index in [0.29, 0.717) is 18.9 Å². The molecule has 0 aromatic carbocycles. The van der Waals surface area contributed by atoms with Gasteiger partial charge in [-0.05, 0) is 19.3 Å². The normalized spacial score (nSPS) is 16.6. The molecule has 1 heterocycles. The van der Waals surface area contributed by atoms with E-state index in [9.17, 15) is 4.79 Å². The van der Waals surface area contributed by atoms with Crippen molar-refractivity contribution in [2.24, 2.45) is 10.7 Å². The minimum absolute atomic E-state index is 0.281. The number of carbonyl (C=O) groups excluding carboxylic acids is 1. The highest BCUT2D eigenvalue weighted by molar-refractivity contribution is 5.78. The van der Waals surface area contributed by atoms with E-state index in [4.69, 9.17) is 5.73 Å². The highest BCUT2D eigenvalue weighted by atomic mass is 16.2. The quantitative estimate of drug-likeness (QED) is 0.391. The van der Waals surface area contributed by atoms with Crippen LogP contribution in [0.15, 0.2) is 4.99 Å². The number of nitrogens with zero attached hydrogens (tertiary/aromatic N) is 2. The third-order valence-corrected chi connectivity index (χ3v) is 2.88. The van der Waals surface area contributed by atoms with Gasteiger partial charge in [-0.1, -0.05) is 13.3 Å². The Labute approximate surface area is 103 Å². The second-order valence-electron chi connectivity index (χ2n) is 4.39. The molecule has 1 aliphatic rings. The number of nitrogens with two attached hydrogens (primary N) is 1. The third-order valence-electron chi connectivity index (χ3n) is 2.88. The monoisotopic (exact) mass is 240 g/mol. The molecule has 0 radical (unpaired) electrons. The number of aliphatic imine (C=N–C) groups is 1. The summed E-state index contributed by atoms with van der Waals surface area (Å²) >= 11 is 0. The lowest BCUT2D eigenvalue weighted by atomic mass is 10.3. The van der Waals surface area contributed by atoms with Gasteiger partial charge in [0.05, 0.1) is 0 Å². The fourth-order valence-electron chi connectivity index (χ4n) is 1.85. The molecule has 0 aromatic rings. The first-order chi connectivity index (χ1) is 8.24. The van der Waals surface area contributed by atoms with E-state index in [1.807, 2.05) is 4.90 Å². The van der Waals surface area contributed by atoms with Crippen LogP contribution in [0.4, 0.5) is 0 Å². The number of carbonyl (C=O) groups is 1. The topological polar surface area (TPSA) is 70.7 Å². The van der Waals surface area contributed by atoms with Gasteiger partial charge in [0.25, 0.3) is 0 Å². The molecule has 5 heteroatoms. The van der Waals surface area contributed by atoms with Gasteiger partial charge in [-0.3, -0.25) is 9.79 Å². The number of hydrogen-bond acceptors (Lipinski definition) is 2. The SMILES string of the molecule is CCCCNC(N)=NCCCN1CCCC1=O. The second kappa shape index (κ2) is 7.92. The van der Waals surface area contributed by atoms with Gasteiger partial charge in [-0.2, -0.15) is 0 Å². The van der Waals surface area contributed by atoms with Crippen LogP contribution in [0.5, 0.6) is 0 Å². The smallest absolute Gasteiger partial charge is 0.222 e. The van der Waals surface area contributed by atoms with Crippen LogP contribution >= 0.6 is 0 Å². The van der Waals surface area contributed by atoms with Gasteiger partial charge < -0.3 is 16.0 Å². The molecule has 1 amide bonds. The Hall–Kier alpha value is -1.26. The summed E-state index contributed by atoms with van der Waals surface area (Å²) in [5.74, 6) is 0.800. The Balaban J connectivity index is 2.05. The van der Waals surface area contributed by atoms with E-state index in [1.165, 1.54) is 0 Å². The number of likely N-dealkylation sites (tertiary alicyclic amines) is 1. The zero-order valence-electron chi connectivity index (χ0n) is 10.7. The summed E-state index contributed by atoms with van der Waals surface area (Å²) < 4.78 is 0. The molecule has 1 aliphatic heterocycles. The Bertz CT molecular complexity index is 265. The van der Waals surface area contributed by atoms with E-state index >= 15 is 0 Å². The largest absolute Gasteiger partial charge is 0.370 e. The molecular formula is C12H24N4O. The van der Waals surface area contributed by atoms with Crippen LogP contribution in [0.3, 0.4) is 0 Å². The van der Waals surface area contributed by atoms with Gasteiger partial charge in [0, 0.05) is 32.6 Å². The van der Waals surface area contributed by atoms with E-state index in [2.05, 4.69) is 17.2 Å². The molecule has 0 aliphatic carbocycles. The Morgan fingerprint density at radius 1 is 1.53 bits per heavy atom. The number of guanidine groups is 1. The van der Waals surface area contributed by atoms with Gasteiger partial charge in [0.15, 0.2) is 5.96 Å². The van der Waals surface area contributed by atoms with Gasteiger partial charge in [-0.15, -0.1) is 0 Å². The summed E-state index contributed by atoms with van der Waals surface area (Å²) in [5, 5.41) is 3.07. The lowest BCUT2D eigenvalue weighted by molar-refractivity contribution is -0.127. The molecule has 0 aromatic heterocycles. The van der Waals surface area contributed by atoms with Crippen LogP contribution < -0.4 is 11.1 Å². The van der Waals surface area contributed by atoms with Crippen molar-refractivity contribution in [2.45, 2.75) is 39.0 Å². The van der Waals surface area contributed by atoms with Crippen molar-refractivity contribution in [3.05, 3.63) is 0 Å². The highest BCUT2D eigenvalue weighted by Gasteiger charge is 2.18. The summed E-state index contributed by atoms with van der Waals surface area (Å²) in [5.41, 5.74) is 5.69. The zero-order valence-corrected chi connectivity index (χ0v) is 10.7. The second-order valence-corrected chi connectivity index (χ2v) is 4.39. The van der Waals surface area contributed by atoms with Crippen molar-refractivity contribution in [3.8, 4) is 0 Å². The molecule has 0 saturated carbocycles. The maximum Gasteiger partial charge on any atom is 0.222 e. The van der Waals surface area contributed by atoms with Gasteiger partial charge in [0.1, 0.15) is 0 Å². The predicted molar refractivity (Wildman–Crippen MR) is 69.8 cm³/mol. The third kappa shape index (κ3) is 5.56. The summed E-state index contributed by atoms with van der Waals surface area (Å²) in [6, 6.07) is 0. The Morgan fingerprint density at radius 2 is 2.35 bits per heavy atom. The molecule has 1 saturated heterocycles. The minimum atomic E-state index is 0.281. The van der Waals surface area contributed by atoms with Crippen molar-refractivity contribution in [1.29, 1.82) is 0 Å². The Morgan fingerprint density at radius 3 is 3.00 bits per heavy atom. The fraction of sp³-hybridized carbons (Fsp3) is 0.833. The zero-order chi connectivity index (χ0) is 12.5. The summed E-state index contributed by atoms with van der Waals surface area (Å²) in [4.78, 5) is 17.5. The van der Waals surface area contributed by atoms with Gasteiger partial charge in [0.2, 0.25) is 5.91 Å². The number of hydrogen-bond donors (Lipinski definition) is 2. The predicted octanol–water partition coefficient (Wildman–Crippen LogP) is 0.703. The first-order valence-corrected chi connectivity index (χ1v) is 6.55. The lowest BCUT2D eigenvalue weighted by Gasteiger charge is -2.14. The molecule has 3 N–H and O–H groups in total. The molecule has 0 bridgehead atoms. The van der Waals surface area contributed by atoms with Crippen LogP contribution in [0.2, 0.25) is 0 Å². The molecule has 5 nitrogen and oxygen atoms in total. The first-order valence-electron chi connectivity index (χ1n) is 6.55. The van der Waals surface area contributed by atoms with E-state index in [0.717, 1.165) is 45.3 Å². The average Bonchev–Trinajstić information content (AvgIpc) is 2.71. The van der Waals surface area contributed by atoms with E-state index < -0.39 is 0 Å².